The Morgan fingerprint density at radius 3 is 2.00 bits per heavy atom. The summed E-state index contributed by atoms with van der Waals surface area (Å²) in [6, 6.07) is 7.85. The number of unbranched alkanes of at least 4 members (excludes halogenated alkanes) is 9. The van der Waals surface area contributed by atoms with Gasteiger partial charge in [0.05, 0.1) is 47.5 Å². The van der Waals surface area contributed by atoms with Crippen molar-refractivity contribution in [2.24, 2.45) is 5.92 Å². The molecule has 0 aliphatic rings. The SMILES string of the molecule is CCCCCCCCCCCCOc1ccc(CC(COP(=O)([O-])OCCC[N+](C)(C)C)CC(=O)CC)cc1. The number of hydrogen-bond acceptors (Lipinski definition) is 6. The molecule has 2 unspecified atom stereocenters. The van der Waals surface area contributed by atoms with Crippen LogP contribution in [0.4, 0.5) is 0 Å². The molecule has 8 heteroatoms. The first-order valence-corrected chi connectivity index (χ1v) is 16.6. The molecule has 0 spiro atoms. The number of phosphoric ester groups is 1. The van der Waals surface area contributed by atoms with Gasteiger partial charge in [0.25, 0.3) is 7.82 Å². The monoisotopic (exact) mass is 569 g/mol. The maximum Gasteiger partial charge on any atom is 0.267 e. The summed E-state index contributed by atoms with van der Waals surface area (Å²) in [5, 5.41) is 0. The quantitative estimate of drug-likeness (QED) is 0.0709. The zero-order valence-electron chi connectivity index (χ0n) is 25.5. The van der Waals surface area contributed by atoms with E-state index < -0.39 is 7.82 Å². The van der Waals surface area contributed by atoms with Gasteiger partial charge in [0, 0.05) is 19.3 Å². The Hall–Kier alpha value is -1.24. The minimum absolute atomic E-state index is 0.0706. The Kier molecular flexibility index (Phi) is 18.9. The molecule has 1 aromatic rings. The lowest BCUT2D eigenvalue weighted by molar-refractivity contribution is -0.870. The third-order valence-electron chi connectivity index (χ3n) is 6.82. The van der Waals surface area contributed by atoms with Crippen molar-refractivity contribution in [2.45, 2.75) is 104 Å². The molecule has 0 heterocycles. The first-order valence-electron chi connectivity index (χ1n) is 15.2. The van der Waals surface area contributed by atoms with Crippen LogP contribution in [0.5, 0.6) is 5.75 Å². The molecule has 0 aliphatic carbocycles. The molecule has 0 saturated heterocycles. The fourth-order valence-electron chi connectivity index (χ4n) is 4.44. The molecule has 0 amide bonds. The zero-order valence-corrected chi connectivity index (χ0v) is 26.4. The molecule has 0 N–H and O–H groups in total. The number of benzene rings is 1. The van der Waals surface area contributed by atoms with Crippen LogP contribution < -0.4 is 9.63 Å². The second-order valence-corrected chi connectivity index (χ2v) is 13.2. The summed E-state index contributed by atoms with van der Waals surface area (Å²) < 4.78 is 29.1. The molecule has 0 saturated carbocycles. The number of hydrogen-bond donors (Lipinski definition) is 0. The summed E-state index contributed by atoms with van der Waals surface area (Å²) in [6.07, 6.45) is 14.8. The highest BCUT2D eigenvalue weighted by Crippen LogP contribution is 2.39. The van der Waals surface area contributed by atoms with Crippen LogP contribution in [0.1, 0.15) is 103 Å². The van der Waals surface area contributed by atoms with Crippen molar-refractivity contribution in [3.63, 3.8) is 0 Å². The third kappa shape index (κ3) is 20.3. The van der Waals surface area contributed by atoms with Crippen molar-refractivity contribution < 1.29 is 32.5 Å². The zero-order chi connectivity index (χ0) is 29.0. The van der Waals surface area contributed by atoms with Crippen LogP contribution in [0.15, 0.2) is 24.3 Å². The molecule has 226 valence electrons. The Balaban J connectivity index is 2.39. The highest BCUT2D eigenvalue weighted by molar-refractivity contribution is 7.45. The predicted molar refractivity (Wildman–Crippen MR) is 158 cm³/mol. The largest absolute Gasteiger partial charge is 0.756 e. The average Bonchev–Trinajstić information content (AvgIpc) is 2.89. The fourth-order valence-corrected chi connectivity index (χ4v) is 5.26. The normalized spacial score (nSPS) is 14.2. The second-order valence-electron chi connectivity index (χ2n) is 11.8. The van der Waals surface area contributed by atoms with Gasteiger partial charge in [0.2, 0.25) is 0 Å². The van der Waals surface area contributed by atoms with Crippen molar-refractivity contribution in [1.29, 1.82) is 0 Å². The number of phosphoric acid groups is 1. The van der Waals surface area contributed by atoms with Crippen LogP contribution in [-0.4, -0.2) is 57.8 Å². The van der Waals surface area contributed by atoms with E-state index in [9.17, 15) is 14.3 Å². The van der Waals surface area contributed by atoms with Gasteiger partial charge in [0.1, 0.15) is 11.5 Å². The van der Waals surface area contributed by atoms with Gasteiger partial charge in [-0.05, 0) is 36.5 Å². The van der Waals surface area contributed by atoms with E-state index in [4.69, 9.17) is 13.8 Å². The molecule has 0 radical (unpaired) electrons. The summed E-state index contributed by atoms with van der Waals surface area (Å²) in [7, 11) is 1.71. The first-order chi connectivity index (χ1) is 18.5. The number of carbonyl (C=O) groups is 1. The fraction of sp³-hybridized carbons (Fsp3) is 0.774. The first kappa shape index (κ1) is 35.8. The summed E-state index contributed by atoms with van der Waals surface area (Å²) >= 11 is 0. The number of rotatable bonds is 25. The molecule has 0 bridgehead atoms. The molecule has 1 aromatic carbocycles. The van der Waals surface area contributed by atoms with Gasteiger partial charge in [-0.1, -0.05) is 83.8 Å². The molecular weight excluding hydrogens is 513 g/mol. The second kappa shape index (κ2) is 20.6. The number of ether oxygens (including phenoxy) is 1. The Labute approximate surface area is 238 Å². The van der Waals surface area contributed by atoms with Crippen molar-refractivity contribution >= 4 is 13.6 Å². The average molecular weight is 570 g/mol. The number of carbonyl (C=O) groups excluding carboxylic acids is 1. The topological polar surface area (TPSA) is 84.9 Å². The van der Waals surface area contributed by atoms with Crippen molar-refractivity contribution in [3.8, 4) is 5.75 Å². The van der Waals surface area contributed by atoms with E-state index >= 15 is 0 Å². The van der Waals surface area contributed by atoms with Crippen LogP contribution in [0, 0.1) is 5.92 Å². The summed E-state index contributed by atoms with van der Waals surface area (Å²) in [4.78, 5) is 24.4. The van der Waals surface area contributed by atoms with Crippen molar-refractivity contribution in [3.05, 3.63) is 29.8 Å². The molecule has 39 heavy (non-hydrogen) atoms. The molecule has 7 nitrogen and oxygen atoms in total. The van der Waals surface area contributed by atoms with Gasteiger partial charge in [-0.2, -0.15) is 0 Å². The standard InChI is InChI=1S/C31H56NO6P/c1-6-8-9-10-11-12-13-14-15-16-23-36-31-20-18-28(19-21-31)25-29(26-30(33)7-2)27-38-39(34,35)37-24-17-22-32(3,4)5/h18-21,29H,6-17,22-27H2,1-5H3. The smallest absolute Gasteiger partial charge is 0.267 e. The van der Waals surface area contributed by atoms with Crippen LogP contribution in [0.25, 0.3) is 0 Å². The number of nitrogens with zero attached hydrogens (tertiary/aromatic N) is 1. The van der Waals surface area contributed by atoms with Gasteiger partial charge in [0.15, 0.2) is 0 Å². The minimum atomic E-state index is -4.41. The van der Waals surface area contributed by atoms with E-state index in [0.29, 0.717) is 25.9 Å². The van der Waals surface area contributed by atoms with E-state index in [0.717, 1.165) is 28.8 Å². The Morgan fingerprint density at radius 1 is 0.846 bits per heavy atom. The number of quaternary nitrogens is 1. The summed E-state index contributed by atoms with van der Waals surface area (Å²) in [5.41, 5.74) is 1.02. The predicted octanol–water partition coefficient (Wildman–Crippen LogP) is 7.11. The van der Waals surface area contributed by atoms with E-state index in [1.807, 2.05) is 52.3 Å². The van der Waals surface area contributed by atoms with Gasteiger partial charge >= 0.3 is 0 Å². The highest BCUT2D eigenvalue weighted by Gasteiger charge is 2.19. The van der Waals surface area contributed by atoms with E-state index in [1.165, 1.54) is 57.8 Å². The van der Waals surface area contributed by atoms with Gasteiger partial charge < -0.3 is 23.2 Å². The van der Waals surface area contributed by atoms with Crippen molar-refractivity contribution in [2.75, 3.05) is 47.5 Å². The molecular formula is C31H56NO6P. The minimum Gasteiger partial charge on any atom is -0.756 e. The molecule has 2 atom stereocenters. The summed E-state index contributed by atoms with van der Waals surface area (Å²) in [5.74, 6) is 0.677. The Bertz CT molecular complexity index is 808. The van der Waals surface area contributed by atoms with Crippen LogP contribution in [0.2, 0.25) is 0 Å². The van der Waals surface area contributed by atoms with Crippen LogP contribution >= 0.6 is 7.82 Å². The third-order valence-corrected chi connectivity index (χ3v) is 7.78. The lowest BCUT2D eigenvalue weighted by Gasteiger charge is -2.27. The Morgan fingerprint density at radius 2 is 1.44 bits per heavy atom. The van der Waals surface area contributed by atoms with E-state index in [2.05, 4.69) is 6.92 Å². The maximum atomic E-state index is 12.2. The molecule has 0 aromatic heterocycles. The van der Waals surface area contributed by atoms with Crippen molar-refractivity contribution in [1.82, 2.24) is 0 Å². The van der Waals surface area contributed by atoms with Gasteiger partial charge in [-0.3, -0.25) is 9.36 Å². The molecule has 1 rings (SSSR count). The molecule has 0 aliphatic heterocycles. The van der Waals surface area contributed by atoms with E-state index in [1.54, 1.807) is 0 Å². The maximum absolute atomic E-state index is 12.2. The van der Waals surface area contributed by atoms with Gasteiger partial charge in [-0.25, -0.2) is 0 Å². The number of ketones is 1. The lowest BCUT2D eigenvalue weighted by atomic mass is 9.94. The molecule has 0 fully saturated rings. The van der Waals surface area contributed by atoms with Gasteiger partial charge in [-0.15, -0.1) is 0 Å². The van der Waals surface area contributed by atoms with E-state index in [-0.39, 0.29) is 31.3 Å². The highest BCUT2D eigenvalue weighted by atomic mass is 31.2. The lowest BCUT2D eigenvalue weighted by Crippen LogP contribution is -2.35. The number of Topliss-reactive ketones (excluding diaryl/α,β-unsaturated/α-hetero) is 1. The van der Waals surface area contributed by atoms with Crippen LogP contribution in [-0.2, 0) is 24.8 Å². The summed E-state index contributed by atoms with van der Waals surface area (Å²) in [6.45, 7) is 5.60. The van der Waals surface area contributed by atoms with Crippen LogP contribution in [0.3, 0.4) is 0 Å².